The number of ether oxygens (including phenoxy) is 1. The smallest absolute Gasteiger partial charge is 0.220 e. The summed E-state index contributed by atoms with van der Waals surface area (Å²) < 4.78 is 24.2. The zero-order valence-electron chi connectivity index (χ0n) is 15.3. The number of rotatable bonds is 6. The molecule has 8 heteroatoms. The van der Waals surface area contributed by atoms with E-state index < -0.39 is 11.7 Å². The van der Waals surface area contributed by atoms with Crippen molar-refractivity contribution in [3.05, 3.63) is 75.8 Å². The van der Waals surface area contributed by atoms with Crippen LogP contribution in [0.25, 0.3) is 11.1 Å². The Morgan fingerprint density at radius 1 is 1.24 bits per heavy atom. The lowest BCUT2D eigenvalue weighted by Gasteiger charge is -2.03. The van der Waals surface area contributed by atoms with Crippen molar-refractivity contribution >= 4 is 28.2 Å². The topological polar surface area (TPSA) is 89.0 Å². The zero-order valence-corrected chi connectivity index (χ0v) is 16.1. The van der Waals surface area contributed by atoms with Crippen molar-refractivity contribution < 1.29 is 18.3 Å². The largest absolute Gasteiger partial charge is 0.486 e. The van der Waals surface area contributed by atoms with Crippen LogP contribution in [-0.2, 0) is 6.61 Å². The number of thiazole rings is 1. The summed E-state index contributed by atoms with van der Waals surface area (Å²) in [6, 6.07) is 14.7. The highest BCUT2D eigenvalue weighted by molar-refractivity contribution is 7.13. The average molecular weight is 407 g/mol. The molecule has 4 aromatic rings. The van der Waals surface area contributed by atoms with Gasteiger partial charge in [0.2, 0.25) is 11.7 Å². The molecular formula is C21H14FN3O3S. The van der Waals surface area contributed by atoms with E-state index >= 15 is 0 Å². The van der Waals surface area contributed by atoms with E-state index in [-0.39, 0.29) is 18.3 Å². The molecule has 4 rings (SSSR count). The number of nitrogens with zero attached hydrogens (tertiary/aromatic N) is 3. The van der Waals surface area contributed by atoms with Crippen LogP contribution in [-0.4, -0.2) is 15.8 Å². The van der Waals surface area contributed by atoms with Gasteiger partial charge in [0.25, 0.3) is 0 Å². The van der Waals surface area contributed by atoms with E-state index in [1.807, 2.05) is 6.07 Å². The van der Waals surface area contributed by atoms with Gasteiger partial charge >= 0.3 is 0 Å². The zero-order chi connectivity index (χ0) is 20.4. The molecule has 0 fully saturated rings. The molecule has 0 bridgehead atoms. The van der Waals surface area contributed by atoms with E-state index in [0.29, 0.717) is 32.4 Å². The number of hydrogen-bond acceptors (Lipinski definition) is 7. The third-order valence-electron chi connectivity index (χ3n) is 4.19. The van der Waals surface area contributed by atoms with Gasteiger partial charge in [0.15, 0.2) is 11.5 Å². The molecule has 144 valence electrons. The van der Waals surface area contributed by atoms with Crippen LogP contribution in [0.4, 0.5) is 4.39 Å². The van der Waals surface area contributed by atoms with E-state index in [0.717, 1.165) is 11.3 Å². The highest BCUT2D eigenvalue weighted by Crippen LogP contribution is 2.29. The van der Waals surface area contributed by atoms with Gasteiger partial charge in [-0.3, -0.25) is 4.79 Å². The number of fused-ring (bicyclic) bond motifs is 1. The number of ketones is 1. The Kier molecular flexibility index (Phi) is 5.06. The van der Waals surface area contributed by atoms with Crippen LogP contribution in [0.3, 0.4) is 0 Å². The van der Waals surface area contributed by atoms with Crippen LogP contribution in [0.1, 0.15) is 32.2 Å². The van der Waals surface area contributed by atoms with Crippen LogP contribution in [0, 0.1) is 24.1 Å². The van der Waals surface area contributed by atoms with Crippen molar-refractivity contribution in [1.82, 2.24) is 9.97 Å². The summed E-state index contributed by atoms with van der Waals surface area (Å²) in [4.78, 5) is 21.9. The van der Waals surface area contributed by atoms with E-state index in [2.05, 4.69) is 9.97 Å². The molecule has 0 aliphatic heterocycles. The maximum atomic E-state index is 13.0. The summed E-state index contributed by atoms with van der Waals surface area (Å²) in [6.07, 6.45) is 0. The minimum absolute atomic E-state index is 0.0654. The van der Waals surface area contributed by atoms with Crippen LogP contribution >= 0.6 is 11.3 Å². The molecule has 0 spiro atoms. The Bertz CT molecular complexity index is 1190. The number of para-hydroxylation sites is 2. The molecule has 1 unspecified atom stereocenters. The predicted molar refractivity (Wildman–Crippen MR) is 104 cm³/mol. The lowest BCUT2D eigenvalue weighted by molar-refractivity contribution is 0.0973. The fourth-order valence-corrected chi connectivity index (χ4v) is 3.74. The number of halogens is 1. The molecule has 0 aliphatic rings. The normalized spacial score (nSPS) is 11.9. The van der Waals surface area contributed by atoms with Crippen molar-refractivity contribution in [3.63, 3.8) is 0 Å². The highest BCUT2D eigenvalue weighted by atomic mass is 32.1. The summed E-state index contributed by atoms with van der Waals surface area (Å²) in [5.41, 5.74) is 1.61. The molecular weight excluding hydrogens is 393 g/mol. The number of hydrogen-bond donors (Lipinski definition) is 0. The molecule has 29 heavy (non-hydrogen) atoms. The Hall–Kier alpha value is -3.57. The van der Waals surface area contributed by atoms with Crippen molar-refractivity contribution in [2.45, 2.75) is 19.4 Å². The fraction of sp³-hybridized carbons (Fsp3) is 0.143. The minimum Gasteiger partial charge on any atom is -0.486 e. The molecule has 2 aromatic carbocycles. The van der Waals surface area contributed by atoms with Crippen molar-refractivity contribution in [2.24, 2.45) is 0 Å². The van der Waals surface area contributed by atoms with E-state index in [4.69, 9.17) is 9.15 Å². The number of oxazole rings is 1. The molecule has 6 nitrogen and oxygen atoms in total. The first-order valence-electron chi connectivity index (χ1n) is 8.69. The van der Waals surface area contributed by atoms with E-state index in [9.17, 15) is 14.4 Å². The number of benzene rings is 2. The molecule has 2 heterocycles. The van der Waals surface area contributed by atoms with Gasteiger partial charge in [0.1, 0.15) is 28.7 Å². The van der Waals surface area contributed by atoms with Crippen LogP contribution < -0.4 is 4.74 Å². The lowest BCUT2D eigenvalue weighted by atomic mass is 10.0. The van der Waals surface area contributed by atoms with Gasteiger partial charge in [-0.1, -0.05) is 12.1 Å². The van der Waals surface area contributed by atoms with Crippen LogP contribution in [0.5, 0.6) is 5.75 Å². The Morgan fingerprint density at radius 2 is 2.00 bits per heavy atom. The summed E-state index contributed by atoms with van der Waals surface area (Å²) in [5, 5.41) is 10.1. The molecule has 0 N–H and O–H groups in total. The Balaban J connectivity index is 1.54. The third-order valence-corrected chi connectivity index (χ3v) is 5.33. The van der Waals surface area contributed by atoms with Crippen molar-refractivity contribution in [2.75, 3.05) is 0 Å². The number of Topliss-reactive ketones (excluding diaryl/α,β-unsaturated/α-hetero) is 1. The molecule has 0 radical (unpaired) electrons. The number of aryl methyl sites for hydroxylation is 1. The van der Waals surface area contributed by atoms with Crippen molar-refractivity contribution in [1.29, 1.82) is 5.26 Å². The summed E-state index contributed by atoms with van der Waals surface area (Å²) in [7, 11) is 0. The van der Waals surface area contributed by atoms with E-state index in [1.54, 1.807) is 31.2 Å². The quantitative estimate of drug-likeness (QED) is 0.427. The van der Waals surface area contributed by atoms with Gasteiger partial charge in [-0.2, -0.15) is 5.26 Å². The molecule has 1 atom stereocenters. The monoisotopic (exact) mass is 407 g/mol. The Labute approximate surface area is 169 Å². The molecule has 0 saturated heterocycles. The first-order chi connectivity index (χ1) is 14.0. The predicted octanol–water partition coefficient (Wildman–Crippen LogP) is 4.80. The summed E-state index contributed by atoms with van der Waals surface area (Å²) in [6.45, 7) is 1.83. The maximum absolute atomic E-state index is 13.0. The summed E-state index contributed by atoms with van der Waals surface area (Å²) >= 11 is 1.15. The number of carbonyl (C=O) groups excluding carboxylic acids is 1. The molecule has 0 amide bonds. The second-order valence-corrected chi connectivity index (χ2v) is 7.29. The number of aromatic nitrogens is 2. The molecule has 0 aliphatic carbocycles. The number of carbonyl (C=O) groups is 1. The molecule has 2 aromatic heterocycles. The van der Waals surface area contributed by atoms with Crippen molar-refractivity contribution in [3.8, 4) is 11.8 Å². The van der Waals surface area contributed by atoms with Crippen LogP contribution in [0.2, 0.25) is 0 Å². The first kappa shape index (κ1) is 18.8. The standard InChI is InChI=1S/C21H14FN3O3S/c1-12-20(29-18(24-12)11-27-14-8-6-13(22)7-9-14)19(26)15(10-23)21-25-16-4-2-3-5-17(16)28-21/h2-9,15H,11H2,1H3. The Morgan fingerprint density at radius 3 is 2.72 bits per heavy atom. The third kappa shape index (κ3) is 3.86. The van der Waals surface area contributed by atoms with Gasteiger partial charge in [-0.05, 0) is 43.3 Å². The fourth-order valence-electron chi connectivity index (χ4n) is 2.79. The highest BCUT2D eigenvalue weighted by Gasteiger charge is 2.30. The minimum atomic E-state index is -1.16. The SMILES string of the molecule is Cc1nc(COc2ccc(F)cc2)sc1C(=O)C(C#N)c1nc2ccccc2o1. The maximum Gasteiger partial charge on any atom is 0.220 e. The van der Waals surface area contributed by atoms with E-state index in [1.165, 1.54) is 24.3 Å². The van der Waals surface area contributed by atoms with Gasteiger partial charge in [0.05, 0.1) is 16.6 Å². The van der Waals surface area contributed by atoms with Gasteiger partial charge in [-0.15, -0.1) is 11.3 Å². The second kappa shape index (κ2) is 7.81. The lowest BCUT2D eigenvalue weighted by Crippen LogP contribution is -2.11. The van der Waals surface area contributed by atoms with Gasteiger partial charge < -0.3 is 9.15 Å². The van der Waals surface area contributed by atoms with Crippen LogP contribution in [0.15, 0.2) is 52.9 Å². The number of nitriles is 1. The second-order valence-electron chi connectivity index (χ2n) is 6.21. The summed E-state index contributed by atoms with van der Waals surface area (Å²) in [5.74, 6) is -1.37. The molecule has 0 saturated carbocycles. The average Bonchev–Trinajstić information content (AvgIpc) is 3.31. The van der Waals surface area contributed by atoms with Gasteiger partial charge in [-0.25, -0.2) is 14.4 Å². The first-order valence-corrected chi connectivity index (χ1v) is 9.51. The van der Waals surface area contributed by atoms with Gasteiger partial charge in [0, 0.05) is 0 Å².